The van der Waals surface area contributed by atoms with Gasteiger partial charge in [-0.05, 0) is 24.3 Å². The van der Waals surface area contributed by atoms with E-state index in [2.05, 4.69) is 11.5 Å². The molecule has 84 valence electrons. The molecule has 0 fully saturated rings. The van der Waals surface area contributed by atoms with Gasteiger partial charge in [0.25, 0.3) is 0 Å². The number of fused-ring (bicyclic) bond motifs is 1. The number of hydrogen-bond donors (Lipinski definition) is 3. The molecule has 1 aromatic carbocycles. The zero-order chi connectivity index (χ0) is 12.3. The number of hydrogen-bond acceptors (Lipinski definition) is 2. The number of guanidine groups is 1. The van der Waals surface area contributed by atoms with Crippen molar-refractivity contribution >= 4 is 41.0 Å². The van der Waals surface area contributed by atoms with E-state index < -0.39 is 0 Å². The minimum Gasteiger partial charge on any atom is -0.370 e. The smallest absolute Gasteiger partial charge is 0.186 e. The highest BCUT2D eigenvalue weighted by Crippen LogP contribution is 2.32. The number of carbonyl (C=O) groups is 1. The molecule has 0 atom stereocenters. The molecule has 1 aromatic rings. The number of nitrogens with one attached hydrogen (secondary N) is 1. The largest absolute Gasteiger partial charge is 0.370 e. The number of nitrogens with two attached hydrogens (primary N) is 2. The fraction of sp³-hybridized carbons (Fsp3) is 0. The summed E-state index contributed by atoms with van der Waals surface area (Å²) >= 11 is 11.6. The molecule has 0 aromatic heterocycles. The Morgan fingerprint density at radius 3 is 2.31 bits per heavy atom. The second-order valence-corrected chi connectivity index (χ2v) is 3.76. The quantitative estimate of drug-likeness (QED) is 0.491. The van der Waals surface area contributed by atoms with Gasteiger partial charge in [0.2, 0.25) is 0 Å². The Morgan fingerprint density at radius 1 is 1.19 bits per heavy atom. The van der Waals surface area contributed by atoms with E-state index in [4.69, 9.17) is 28.6 Å². The first-order valence-electron chi connectivity index (χ1n) is 4.23. The van der Waals surface area contributed by atoms with Crippen LogP contribution in [-0.4, -0.2) is 11.7 Å². The Morgan fingerprint density at radius 2 is 1.75 bits per heavy atom. The van der Waals surface area contributed by atoms with Gasteiger partial charge in [0.15, 0.2) is 11.7 Å². The minimum absolute atomic E-state index is 0.0106. The lowest BCUT2D eigenvalue weighted by Gasteiger charge is -2.00. The average Bonchev–Trinajstić information content (AvgIpc) is 2.54. The molecule has 0 spiro atoms. The second-order valence-electron chi connectivity index (χ2n) is 2.98. The molecule has 0 amide bonds. The molecule has 0 radical (unpaired) electrons. The van der Waals surface area contributed by atoms with Crippen LogP contribution in [0.3, 0.4) is 0 Å². The van der Waals surface area contributed by atoms with E-state index in [1.54, 1.807) is 18.2 Å². The monoisotopic (exact) mass is 257 g/mol. The number of allylic oxidation sites excluding steroid dienone is 1. The SMILES string of the molecule is N=C(N)N.O=C1C=Cc2c1ccc(Cl)c2Cl. The number of carbonyl (C=O) groups excluding carboxylic acids is 1. The highest BCUT2D eigenvalue weighted by atomic mass is 35.5. The molecule has 1 aliphatic carbocycles. The molecule has 5 N–H and O–H groups in total. The third-order valence-electron chi connectivity index (χ3n) is 1.80. The van der Waals surface area contributed by atoms with Crippen LogP contribution in [0.2, 0.25) is 10.0 Å². The van der Waals surface area contributed by atoms with Crippen LogP contribution in [0, 0.1) is 5.41 Å². The standard InChI is InChI=1S/C9H4Cl2O.CH5N3/c10-7-3-1-5-6(9(7)11)2-4-8(5)12;2-1(3)4/h1-4H;(H5,2,3,4). The normalized spacial score (nSPS) is 11.8. The van der Waals surface area contributed by atoms with Crippen LogP contribution in [0.5, 0.6) is 0 Å². The van der Waals surface area contributed by atoms with Gasteiger partial charge in [-0.25, -0.2) is 0 Å². The van der Waals surface area contributed by atoms with Gasteiger partial charge < -0.3 is 11.5 Å². The Labute approximate surface area is 102 Å². The lowest BCUT2D eigenvalue weighted by atomic mass is 10.1. The molecule has 16 heavy (non-hydrogen) atoms. The van der Waals surface area contributed by atoms with Crippen LogP contribution in [-0.2, 0) is 0 Å². The van der Waals surface area contributed by atoms with E-state index in [0.29, 0.717) is 15.6 Å². The van der Waals surface area contributed by atoms with Crippen LogP contribution < -0.4 is 11.5 Å². The maximum atomic E-state index is 11.1. The van der Waals surface area contributed by atoms with Crippen molar-refractivity contribution in [3.8, 4) is 0 Å². The summed E-state index contributed by atoms with van der Waals surface area (Å²) in [5.74, 6) is -0.344. The molecule has 2 rings (SSSR count). The summed E-state index contributed by atoms with van der Waals surface area (Å²) in [6.45, 7) is 0. The molecular formula is C10H9Cl2N3O. The van der Waals surface area contributed by atoms with E-state index in [-0.39, 0.29) is 11.7 Å². The maximum Gasteiger partial charge on any atom is 0.186 e. The van der Waals surface area contributed by atoms with Crippen molar-refractivity contribution in [3.63, 3.8) is 0 Å². The first-order valence-corrected chi connectivity index (χ1v) is 4.99. The predicted molar refractivity (Wildman–Crippen MR) is 65.9 cm³/mol. The summed E-state index contributed by atoms with van der Waals surface area (Å²) in [5, 5.41) is 6.99. The van der Waals surface area contributed by atoms with Crippen LogP contribution in [0.4, 0.5) is 0 Å². The van der Waals surface area contributed by atoms with Crippen LogP contribution >= 0.6 is 23.2 Å². The van der Waals surface area contributed by atoms with Crippen molar-refractivity contribution in [1.29, 1.82) is 5.41 Å². The van der Waals surface area contributed by atoms with Gasteiger partial charge in [0, 0.05) is 11.1 Å². The number of ketones is 1. The molecule has 0 saturated heterocycles. The highest BCUT2D eigenvalue weighted by Gasteiger charge is 2.17. The van der Waals surface area contributed by atoms with Gasteiger partial charge >= 0.3 is 0 Å². The molecule has 0 heterocycles. The topological polar surface area (TPSA) is 93.0 Å². The van der Waals surface area contributed by atoms with Crippen LogP contribution in [0.1, 0.15) is 15.9 Å². The maximum absolute atomic E-state index is 11.1. The molecule has 0 bridgehead atoms. The van der Waals surface area contributed by atoms with Crippen molar-refractivity contribution in [2.24, 2.45) is 11.5 Å². The summed E-state index contributed by atoms with van der Waals surface area (Å²) in [7, 11) is 0. The average molecular weight is 258 g/mol. The van der Waals surface area contributed by atoms with E-state index in [1.807, 2.05) is 0 Å². The summed E-state index contributed by atoms with van der Waals surface area (Å²) < 4.78 is 0. The molecular weight excluding hydrogens is 249 g/mol. The zero-order valence-corrected chi connectivity index (χ0v) is 9.64. The molecule has 6 heteroatoms. The fourth-order valence-corrected chi connectivity index (χ4v) is 1.59. The van der Waals surface area contributed by atoms with Crippen LogP contribution in [0.15, 0.2) is 18.2 Å². The minimum atomic E-state index is -0.333. The lowest BCUT2D eigenvalue weighted by molar-refractivity contribution is 0.105. The van der Waals surface area contributed by atoms with Gasteiger partial charge in [-0.3, -0.25) is 10.2 Å². The van der Waals surface area contributed by atoms with Gasteiger partial charge in [0.1, 0.15) is 0 Å². The van der Waals surface area contributed by atoms with Gasteiger partial charge in [-0.15, -0.1) is 0 Å². The third-order valence-corrected chi connectivity index (χ3v) is 2.62. The second kappa shape index (κ2) is 5.01. The van der Waals surface area contributed by atoms with E-state index in [0.717, 1.165) is 5.56 Å². The molecule has 4 nitrogen and oxygen atoms in total. The first-order chi connectivity index (χ1) is 7.43. The van der Waals surface area contributed by atoms with Gasteiger partial charge in [-0.1, -0.05) is 23.2 Å². The van der Waals surface area contributed by atoms with Crippen molar-refractivity contribution in [2.45, 2.75) is 0 Å². The predicted octanol–water partition coefficient (Wildman–Crippen LogP) is 2.04. The Hall–Kier alpha value is -1.52. The van der Waals surface area contributed by atoms with Crippen molar-refractivity contribution < 1.29 is 4.79 Å². The Bertz CT molecular complexity index is 479. The number of benzene rings is 1. The van der Waals surface area contributed by atoms with Crippen LogP contribution in [0.25, 0.3) is 6.08 Å². The van der Waals surface area contributed by atoms with Gasteiger partial charge in [0.05, 0.1) is 10.0 Å². The summed E-state index contributed by atoms with van der Waals surface area (Å²) in [5.41, 5.74) is 10.3. The van der Waals surface area contributed by atoms with E-state index in [9.17, 15) is 4.79 Å². The number of halogens is 2. The summed E-state index contributed by atoms with van der Waals surface area (Å²) in [6.07, 6.45) is 3.18. The Balaban J connectivity index is 0.000000280. The summed E-state index contributed by atoms with van der Waals surface area (Å²) in [6, 6.07) is 3.32. The first kappa shape index (κ1) is 12.5. The van der Waals surface area contributed by atoms with Crippen molar-refractivity contribution in [2.75, 3.05) is 0 Å². The highest BCUT2D eigenvalue weighted by molar-refractivity contribution is 6.43. The number of rotatable bonds is 0. The molecule has 0 aliphatic heterocycles. The molecule has 0 saturated carbocycles. The molecule has 1 aliphatic rings. The lowest BCUT2D eigenvalue weighted by Crippen LogP contribution is -2.20. The van der Waals surface area contributed by atoms with E-state index >= 15 is 0 Å². The Kier molecular flexibility index (Phi) is 3.93. The zero-order valence-electron chi connectivity index (χ0n) is 8.13. The summed E-state index contributed by atoms with van der Waals surface area (Å²) in [4.78, 5) is 11.1. The van der Waals surface area contributed by atoms with E-state index in [1.165, 1.54) is 6.08 Å². The van der Waals surface area contributed by atoms with Crippen molar-refractivity contribution in [1.82, 2.24) is 0 Å². The van der Waals surface area contributed by atoms with Gasteiger partial charge in [-0.2, -0.15) is 0 Å². The molecule has 0 unspecified atom stereocenters. The van der Waals surface area contributed by atoms with Crippen molar-refractivity contribution in [3.05, 3.63) is 39.4 Å². The fourth-order valence-electron chi connectivity index (χ4n) is 1.19. The third kappa shape index (κ3) is 2.74.